The number of carbonyl (C=O) groups is 2. The summed E-state index contributed by atoms with van der Waals surface area (Å²) < 4.78 is 10.7. The van der Waals surface area contributed by atoms with Crippen LogP contribution in [-0.2, 0) is 19.1 Å². The number of rotatable bonds is 10. The van der Waals surface area contributed by atoms with Crippen LogP contribution in [0.5, 0.6) is 0 Å². The van der Waals surface area contributed by atoms with E-state index >= 15 is 0 Å². The zero-order valence-electron chi connectivity index (χ0n) is 16.5. The molecule has 0 saturated heterocycles. The van der Waals surface area contributed by atoms with Gasteiger partial charge >= 0.3 is 11.9 Å². The third kappa shape index (κ3) is 6.38. The van der Waals surface area contributed by atoms with Crippen molar-refractivity contribution in [2.75, 3.05) is 13.2 Å². The molecule has 0 saturated carbocycles. The molecule has 0 N–H and O–H groups in total. The zero-order chi connectivity index (χ0) is 20.2. The summed E-state index contributed by atoms with van der Waals surface area (Å²) in [6.45, 7) is 4.39. The Morgan fingerprint density at radius 3 is 1.82 bits per heavy atom. The standard InChI is InChI=1S/C24H28O4/c1-3-17-27-23(25)22(24(26)28-18-4-2)21(20-13-9-6-10-14-20)16-15-19-11-7-5-8-12-19/h5-16,21-22H,3-4,17-18H2,1-2H3/b16-15+/t21-/m0/s1. The number of carbonyl (C=O) groups excluding carboxylic acids is 2. The molecule has 4 heteroatoms. The first-order chi connectivity index (χ1) is 13.7. The van der Waals surface area contributed by atoms with Gasteiger partial charge in [0.2, 0.25) is 0 Å². The Hall–Kier alpha value is -2.88. The summed E-state index contributed by atoms with van der Waals surface area (Å²) in [5.74, 6) is -2.61. The van der Waals surface area contributed by atoms with Crippen molar-refractivity contribution in [3.63, 3.8) is 0 Å². The third-order valence-electron chi connectivity index (χ3n) is 4.24. The molecule has 4 nitrogen and oxygen atoms in total. The average Bonchev–Trinajstić information content (AvgIpc) is 2.74. The van der Waals surface area contributed by atoms with Crippen LogP contribution in [0.25, 0.3) is 6.08 Å². The molecule has 1 atom stereocenters. The van der Waals surface area contributed by atoms with Gasteiger partial charge < -0.3 is 9.47 Å². The number of ether oxygens (including phenoxy) is 2. The highest BCUT2D eigenvalue weighted by atomic mass is 16.6. The smallest absolute Gasteiger partial charge is 0.321 e. The Labute approximate surface area is 167 Å². The van der Waals surface area contributed by atoms with Crippen LogP contribution in [0.3, 0.4) is 0 Å². The fourth-order valence-electron chi connectivity index (χ4n) is 2.84. The van der Waals surface area contributed by atoms with Crippen molar-refractivity contribution >= 4 is 18.0 Å². The maximum atomic E-state index is 12.8. The van der Waals surface area contributed by atoms with Gasteiger partial charge in [0, 0.05) is 5.92 Å². The molecule has 2 aromatic rings. The Balaban J connectivity index is 2.40. The van der Waals surface area contributed by atoms with Gasteiger partial charge in [0.25, 0.3) is 0 Å². The number of esters is 2. The zero-order valence-corrected chi connectivity index (χ0v) is 16.5. The molecular formula is C24H28O4. The number of allylic oxidation sites excluding steroid dienone is 1. The van der Waals surface area contributed by atoms with Crippen molar-refractivity contribution in [2.45, 2.75) is 32.6 Å². The van der Waals surface area contributed by atoms with Gasteiger partial charge in [0.05, 0.1) is 13.2 Å². The molecule has 0 heterocycles. The van der Waals surface area contributed by atoms with Gasteiger partial charge in [-0.2, -0.15) is 0 Å². The Bertz CT molecular complexity index is 733. The molecule has 0 spiro atoms. The van der Waals surface area contributed by atoms with Crippen LogP contribution in [-0.4, -0.2) is 25.2 Å². The minimum absolute atomic E-state index is 0.278. The molecule has 0 aliphatic rings. The summed E-state index contributed by atoms with van der Waals surface area (Å²) in [6, 6.07) is 19.3. The predicted molar refractivity (Wildman–Crippen MR) is 111 cm³/mol. The van der Waals surface area contributed by atoms with Gasteiger partial charge in [-0.3, -0.25) is 9.59 Å². The first kappa shape index (κ1) is 21.4. The molecule has 0 fully saturated rings. The summed E-state index contributed by atoms with van der Waals surface area (Å²) in [4.78, 5) is 25.6. The van der Waals surface area contributed by atoms with E-state index in [4.69, 9.17) is 9.47 Å². The fourth-order valence-corrected chi connectivity index (χ4v) is 2.84. The lowest BCUT2D eigenvalue weighted by Crippen LogP contribution is -2.33. The van der Waals surface area contributed by atoms with Gasteiger partial charge in [-0.15, -0.1) is 0 Å². The molecule has 2 aromatic carbocycles. The molecule has 28 heavy (non-hydrogen) atoms. The van der Waals surface area contributed by atoms with Crippen molar-refractivity contribution in [1.29, 1.82) is 0 Å². The van der Waals surface area contributed by atoms with E-state index < -0.39 is 23.8 Å². The van der Waals surface area contributed by atoms with Crippen molar-refractivity contribution in [3.05, 3.63) is 77.9 Å². The largest absolute Gasteiger partial charge is 0.465 e. The molecular weight excluding hydrogens is 352 g/mol. The number of hydrogen-bond acceptors (Lipinski definition) is 4. The second-order valence-electron chi connectivity index (χ2n) is 6.52. The molecule has 0 aromatic heterocycles. The van der Waals surface area contributed by atoms with Gasteiger partial charge in [-0.1, -0.05) is 86.7 Å². The average molecular weight is 380 g/mol. The van der Waals surface area contributed by atoms with E-state index in [0.717, 1.165) is 11.1 Å². The number of hydrogen-bond donors (Lipinski definition) is 0. The maximum Gasteiger partial charge on any atom is 0.321 e. The first-order valence-electron chi connectivity index (χ1n) is 9.78. The van der Waals surface area contributed by atoms with Crippen LogP contribution in [0.4, 0.5) is 0 Å². The summed E-state index contributed by atoms with van der Waals surface area (Å²) in [5, 5.41) is 0. The van der Waals surface area contributed by atoms with E-state index in [2.05, 4.69) is 0 Å². The Morgan fingerprint density at radius 2 is 1.32 bits per heavy atom. The third-order valence-corrected chi connectivity index (χ3v) is 4.24. The Kier molecular flexibility index (Phi) is 8.99. The maximum absolute atomic E-state index is 12.8. The van der Waals surface area contributed by atoms with Crippen LogP contribution in [0, 0.1) is 5.92 Å². The van der Waals surface area contributed by atoms with E-state index in [-0.39, 0.29) is 13.2 Å². The summed E-state index contributed by atoms with van der Waals surface area (Å²) in [5.41, 5.74) is 1.85. The molecule has 0 aliphatic heterocycles. The summed E-state index contributed by atoms with van der Waals surface area (Å²) in [7, 11) is 0. The molecule has 0 bridgehead atoms. The van der Waals surface area contributed by atoms with E-state index in [1.165, 1.54) is 0 Å². The lowest BCUT2D eigenvalue weighted by molar-refractivity contribution is -0.162. The van der Waals surface area contributed by atoms with E-state index in [1.54, 1.807) is 0 Å². The Morgan fingerprint density at radius 1 is 0.821 bits per heavy atom. The van der Waals surface area contributed by atoms with Gasteiger partial charge in [0.1, 0.15) is 0 Å². The van der Waals surface area contributed by atoms with Crippen molar-refractivity contribution in [3.8, 4) is 0 Å². The second-order valence-corrected chi connectivity index (χ2v) is 6.52. The molecule has 0 aliphatic carbocycles. The molecule has 0 radical (unpaired) electrons. The first-order valence-corrected chi connectivity index (χ1v) is 9.78. The lowest BCUT2D eigenvalue weighted by atomic mass is 9.85. The number of benzene rings is 2. The molecule has 2 rings (SSSR count). The van der Waals surface area contributed by atoms with Crippen LogP contribution in [0.15, 0.2) is 66.7 Å². The van der Waals surface area contributed by atoms with Crippen molar-refractivity contribution in [1.82, 2.24) is 0 Å². The second kappa shape index (κ2) is 11.8. The van der Waals surface area contributed by atoms with Gasteiger partial charge in [0.15, 0.2) is 5.92 Å². The highest BCUT2D eigenvalue weighted by Crippen LogP contribution is 2.30. The van der Waals surface area contributed by atoms with Crippen molar-refractivity contribution < 1.29 is 19.1 Å². The van der Waals surface area contributed by atoms with E-state index in [9.17, 15) is 9.59 Å². The topological polar surface area (TPSA) is 52.6 Å². The van der Waals surface area contributed by atoms with Gasteiger partial charge in [-0.05, 0) is 24.0 Å². The monoisotopic (exact) mass is 380 g/mol. The normalized spacial score (nSPS) is 12.1. The van der Waals surface area contributed by atoms with E-state index in [1.807, 2.05) is 86.7 Å². The highest BCUT2D eigenvalue weighted by Gasteiger charge is 2.37. The predicted octanol–water partition coefficient (Wildman–Crippen LogP) is 5.01. The van der Waals surface area contributed by atoms with Crippen LogP contribution in [0.1, 0.15) is 43.7 Å². The van der Waals surface area contributed by atoms with Crippen LogP contribution >= 0.6 is 0 Å². The summed E-state index contributed by atoms with van der Waals surface area (Å²) in [6.07, 6.45) is 5.19. The molecule has 0 amide bonds. The lowest BCUT2D eigenvalue weighted by Gasteiger charge is -2.22. The molecule has 0 unspecified atom stereocenters. The van der Waals surface area contributed by atoms with Crippen molar-refractivity contribution in [2.24, 2.45) is 5.92 Å². The molecule has 148 valence electrons. The quantitative estimate of drug-likeness (QED) is 0.430. The minimum Gasteiger partial charge on any atom is -0.465 e. The SMILES string of the molecule is CCCOC(=O)C(C(=O)OCCC)[C@@H](/C=C/c1ccccc1)c1ccccc1. The fraction of sp³-hybridized carbons (Fsp3) is 0.333. The van der Waals surface area contributed by atoms with E-state index in [0.29, 0.717) is 12.8 Å². The van der Waals surface area contributed by atoms with Gasteiger partial charge in [-0.25, -0.2) is 0 Å². The van der Waals surface area contributed by atoms with Crippen LogP contribution in [0.2, 0.25) is 0 Å². The minimum atomic E-state index is -1.04. The highest BCUT2D eigenvalue weighted by molar-refractivity contribution is 5.96. The summed E-state index contributed by atoms with van der Waals surface area (Å²) >= 11 is 0. The van der Waals surface area contributed by atoms with Crippen LogP contribution < -0.4 is 0 Å².